The highest BCUT2D eigenvalue weighted by Crippen LogP contribution is 2.41. The van der Waals surface area contributed by atoms with E-state index in [1.165, 1.54) is 0 Å². The van der Waals surface area contributed by atoms with Crippen molar-refractivity contribution < 1.29 is 9.90 Å². The second-order valence-electron chi connectivity index (χ2n) is 9.60. The van der Waals surface area contributed by atoms with Gasteiger partial charge in [0.05, 0.1) is 35.4 Å². The number of nitrogens with zero attached hydrogens (tertiary/aromatic N) is 6. The van der Waals surface area contributed by atoms with Gasteiger partial charge >= 0.3 is 0 Å². The van der Waals surface area contributed by atoms with Crippen LogP contribution in [0.4, 0.5) is 17.3 Å². The molecule has 0 bridgehead atoms. The van der Waals surface area contributed by atoms with Crippen molar-refractivity contribution in [2.75, 3.05) is 30.3 Å². The summed E-state index contributed by atoms with van der Waals surface area (Å²) in [5.74, 6) is 0.259. The number of carbonyl (C=O) groups excluding carboxylic acids is 1. The van der Waals surface area contributed by atoms with Crippen molar-refractivity contribution >= 4 is 23.2 Å². The van der Waals surface area contributed by atoms with E-state index in [0.29, 0.717) is 48.2 Å². The molecule has 0 spiro atoms. The average Bonchev–Trinajstić information content (AvgIpc) is 3.36. The molecule has 180 valence electrons. The quantitative estimate of drug-likeness (QED) is 0.516. The smallest absolute Gasteiger partial charge is 0.274 e. The zero-order valence-electron chi connectivity index (χ0n) is 20.0. The summed E-state index contributed by atoms with van der Waals surface area (Å²) < 4.78 is 1.74. The zero-order chi connectivity index (χ0) is 24.7. The maximum Gasteiger partial charge on any atom is 0.274 e. The summed E-state index contributed by atoms with van der Waals surface area (Å²) >= 11 is 0. The highest BCUT2D eigenvalue weighted by molar-refractivity contribution is 5.98. The summed E-state index contributed by atoms with van der Waals surface area (Å²) in [6, 6.07) is 7.87. The Labute approximate surface area is 203 Å². The van der Waals surface area contributed by atoms with Crippen LogP contribution in [0.5, 0.6) is 0 Å². The number of benzene rings is 1. The minimum atomic E-state index is -0.483. The van der Waals surface area contributed by atoms with Crippen LogP contribution in [0.1, 0.15) is 48.8 Å². The largest absolute Gasteiger partial charge is 0.395 e. The van der Waals surface area contributed by atoms with Gasteiger partial charge in [-0.05, 0) is 44.0 Å². The zero-order valence-corrected chi connectivity index (χ0v) is 20.0. The molecule has 4 heterocycles. The molecule has 3 N–H and O–H groups in total. The molecule has 3 aromatic rings. The molecule has 0 saturated heterocycles. The molecule has 10 nitrogen and oxygen atoms in total. The predicted octanol–water partition coefficient (Wildman–Crippen LogP) is 2.89. The number of aliphatic hydroxyl groups is 1. The lowest BCUT2D eigenvalue weighted by molar-refractivity contribution is 0.0710. The number of nitriles is 1. The average molecular weight is 473 g/mol. The highest BCUT2D eigenvalue weighted by Gasteiger charge is 2.36. The molecule has 0 saturated carbocycles. The fraction of sp³-hybridized carbons (Fsp3) is 0.400. The molecule has 1 amide bonds. The van der Waals surface area contributed by atoms with Gasteiger partial charge in [0.1, 0.15) is 11.8 Å². The van der Waals surface area contributed by atoms with Gasteiger partial charge in [0.25, 0.3) is 5.91 Å². The van der Waals surface area contributed by atoms with Gasteiger partial charge in [0.15, 0.2) is 0 Å². The molecule has 1 atom stereocenters. The van der Waals surface area contributed by atoms with Crippen molar-refractivity contribution in [1.29, 1.82) is 5.26 Å². The van der Waals surface area contributed by atoms with Gasteiger partial charge in [-0.15, -0.1) is 0 Å². The highest BCUT2D eigenvalue weighted by atomic mass is 16.3. The number of hydrogen-bond acceptors (Lipinski definition) is 8. The van der Waals surface area contributed by atoms with E-state index in [1.54, 1.807) is 29.2 Å². The maximum atomic E-state index is 13.2. The van der Waals surface area contributed by atoms with Gasteiger partial charge in [-0.2, -0.15) is 10.4 Å². The number of carbonyl (C=O) groups is 1. The van der Waals surface area contributed by atoms with Gasteiger partial charge < -0.3 is 20.6 Å². The number of anilines is 3. The second kappa shape index (κ2) is 8.67. The van der Waals surface area contributed by atoms with E-state index in [-0.39, 0.29) is 18.6 Å². The van der Waals surface area contributed by atoms with E-state index in [4.69, 9.17) is 0 Å². The molecule has 35 heavy (non-hydrogen) atoms. The van der Waals surface area contributed by atoms with Crippen LogP contribution >= 0.6 is 0 Å². The Bertz CT molecular complexity index is 1340. The van der Waals surface area contributed by atoms with E-state index in [0.717, 1.165) is 23.2 Å². The fourth-order valence-corrected chi connectivity index (χ4v) is 4.76. The molecule has 10 heteroatoms. The van der Waals surface area contributed by atoms with Crippen molar-refractivity contribution in [3.05, 3.63) is 47.4 Å². The van der Waals surface area contributed by atoms with Crippen LogP contribution in [0.15, 0.2) is 30.6 Å². The van der Waals surface area contributed by atoms with Crippen LogP contribution in [0.25, 0.3) is 11.3 Å². The lowest BCUT2D eigenvalue weighted by Gasteiger charge is -2.24. The van der Waals surface area contributed by atoms with Gasteiger partial charge in [0.2, 0.25) is 5.95 Å². The van der Waals surface area contributed by atoms with Crippen LogP contribution in [-0.4, -0.2) is 61.4 Å². The maximum absolute atomic E-state index is 13.2. The van der Waals surface area contributed by atoms with Gasteiger partial charge in [-0.25, -0.2) is 9.97 Å². The first-order valence-electron chi connectivity index (χ1n) is 11.7. The van der Waals surface area contributed by atoms with Gasteiger partial charge in [0, 0.05) is 42.9 Å². The number of fused-ring (bicyclic) bond motifs is 2. The number of aliphatic hydroxyl groups excluding tert-OH is 1. The monoisotopic (exact) mass is 472 g/mol. The molecular weight excluding hydrogens is 444 g/mol. The second-order valence-corrected chi connectivity index (χ2v) is 9.60. The van der Waals surface area contributed by atoms with Crippen molar-refractivity contribution in [2.24, 2.45) is 0 Å². The predicted molar refractivity (Wildman–Crippen MR) is 131 cm³/mol. The van der Waals surface area contributed by atoms with E-state index in [9.17, 15) is 15.2 Å². The summed E-state index contributed by atoms with van der Waals surface area (Å²) in [7, 11) is 0. The first-order valence-corrected chi connectivity index (χ1v) is 11.7. The number of rotatable bonds is 5. The number of aromatic nitrogens is 4. The Balaban J connectivity index is 1.50. The number of amides is 1. The van der Waals surface area contributed by atoms with E-state index >= 15 is 0 Å². The number of hydrogen-bond donors (Lipinski definition) is 3. The topological polar surface area (TPSA) is 132 Å². The van der Waals surface area contributed by atoms with Crippen LogP contribution in [0, 0.1) is 11.3 Å². The molecule has 5 rings (SSSR count). The minimum Gasteiger partial charge on any atom is -0.395 e. The van der Waals surface area contributed by atoms with E-state index < -0.39 is 5.41 Å². The van der Waals surface area contributed by atoms with Crippen LogP contribution in [0.2, 0.25) is 0 Å². The Kier molecular flexibility index (Phi) is 5.65. The van der Waals surface area contributed by atoms with Crippen LogP contribution < -0.4 is 10.6 Å². The summed E-state index contributed by atoms with van der Waals surface area (Å²) in [4.78, 5) is 24.1. The lowest BCUT2D eigenvalue weighted by atomic mass is 9.83. The Hall–Kier alpha value is -3.97. The van der Waals surface area contributed by atoms with Crippen LogP contribution in [0.3, 0.4) is 0 Å². The van der Waals surface area contributed by atoms with Crippen molar-refractivity contribution in [1.82, 2.24) is 24.6 Å². The summed E-state index contributed by atoms with van der Waals surface area (Å²) in [5, 5.41) is 30.5. The molecule has 0 fully saturated rings. The van der Waals surface area contributed by atoms with Crippen LogP contribution in [-0.2, 0) is 12.0 Å². The molecule has 2 aliphatic rings. The SMILES string of the molecule is CC(C)N1CCCn2ncc(Nc3nccc(-c4cc(C#N)c5c(c4)[C@@](C)(CO)CN5)n3)c2C1=O. The summed E-state index contributed by atoms with van der Waals surface area (Å²) in [5.41, 5.74) is 4.11. The lowest BCUT2D eigenvalue weighted by Crippen LogP contribution is -2.37. The summed E-state index contributed by atoms with van der Waals surface area (Å²) in [6.45, 7) is 7.85. The van der Waals surface area contributed by atoms with E-state index in [1.807, 2.05) is 31.7 Å². The molecule has 0 unspecified atom stereocenters. The third kappa shape index (κ3) is 3.88. The van der Waals surface area contributed by atoms with Gasteiger partial charge in [-0.1, -0.05) is 6.92 Å². The first-order chi connectivity index (χ1) is 16.8. The van der Waals surface area contributed by atoms with Crippen molar-refractivity contribution in [3.8, 4) is 17.3 Å². The van der Waals surface area contributed by atoms with E-state index in [2.05, 4.69) is 31.8 Å². The Morgan fingerprint density at radius 2 is 2.17 bits per heavy atom. The Morgan fingerprint density at radius 1 is 1.34 bits per heavy atom. The fourth-order valence-electron chi connectivity index (χ4n) is 4.76. The molecule has 0 radical (unpaired) electrons. The van der Waals surface area contributed by atoms with Gasteiger partial charge in [-0.3, -0.25) is 9.48 Å². The molecular formula is C25H28N8O2. The molecule has 0 aliphatic carbocycles. The first kappa shape index (κ1) is 22.8. The molecule has 2 aliphatic heterocycles. The third-order valence-corrected chi connectivity index (χ3v) is 6.81. The standard InChI is InChI=1S/C25H28N8O2/c1-15(2)32-7-4-8-33-22(23(32)35)20(12-29-33)31-24-27-6-5-19(30-24)16-9-17(11-26)21-18(10-16)25(3,14-34)13-28-21/h5-6,9-10,12,15,28,34H,4,7-8,13-14H2,1-3H3,(H,27,30,31)/t25-/m1/s1. The summed E-state index contributed by atoms with van der Waals surface area (Å²) in [6.07, 6.45) is 4.11. The molecule has 2 aromatic heterocycles. The number of nitrogens with one attached hydrogen (secondary N) is 2. The Morgan fingerprint density at radius 3 is 2.91 bits per heavy atom. The minimum absolute atomic E-state index is 0.0356. The molecule has 1 aromatic carbocycles. The normalized spacial score (nSPS) is 19.1. The van der Waals surface area contributed by atoms with Crippen molar-refractivity contribution in [3.63, 3.8) is 0 Å². The van der Waals surface area contributed by atoms with Crippen molar-refractivity contribution in [2.45, 2.75) is 45.2 Å². The third-order valence-electron chi connectivity index (χ3n) is 6.81. The number of aryl methyl sites for hydroxylation is 1.